The third kappa shape index (κ3) is 3.23. The summed E-state index contributed by atoms with van der Waals surface area (Å²) in [7, 11) is 0. The van der Waals surface area contributed by atoms with Gasteiger partial charge in [0.2, 0.25) is 0 Å². The molecule has 3 unspecified atom stereocenters. The summed E-state index contributed by atoms with van der Waals surface area (Å²) in [6, 6.07) is 0. The topological polar surface area (TPSA) is 0 Å². The minimum atomic E-state index is 0.501. The molecule has 1 aliphatic carbocycles. The molecule has 0 bridgehead atoms. The van der Waals surface area contributed by atoms with Crippen molar-refractivity contribution in [1.82, 2.24) is 0 Å². The van der Waals surface area contributed by atoms with Crippen LogP contribution in [0.3, 0.4) is 0 Å². The molecular formula is C15H30. The molecule has 0 radical (unpaired) electrons. The minimum absolute atomic E-state index is 0.501. The van der Waals surface area contributed by atoms with Crippen LogP contribution in [0.2, 0.25) is 0 Å². The lowest BCUT2D eigenvalue weighted by Gasteiger charge is -2.49. The molecule has 0 aliphatic heterocycles. The van der Waals surface area contributed by atoms with E-state index >= 15 is 0 Å². The fourth-order valence-electron chi connectivity index (χ4n) is 3.61. The Kier molecular flexibility index (Phi) is 3.90. The summed E-state index contributed by atoms with van der Waals surface area (Å²) >= 11 is 0. The summed E-state index contributed by atoms with van der Waals surface area (Å²) in [5.74, 6) is 4.77. The monoisotopic (exact) mass is 210 g/mol. The van der Waals surface area contributed by atoms with Gasteiger partial charge in [-0.05, 0) is 47.8 Å². The molecule has 1 rings (SSSR count). The fourth-order valence-corrected chi connectivity index (χ4v) is 3.61. The van der Waals surface area contributed by atoms with E-state index in [9.17, 15) is 0 Å². The predicted molar refractivity (Wildman–Crippen MR) is 68.8 cm³/mol. The molecule has 90 valence electrons. The molecule has 0 N–H and O–H groups in total. The van der Waals surface area contributed by atoms with Crippen molar-refractivity contribution in [3.05, 3.63) is 0 Å². The lowest BCUT2D eigenvalue weighted by Crippen LogP contribution is -2.42. The quantitative estimate of drug-likeness (QED) is 0.616. The Balaban J connectivity index is 2.36. The fraction of sp³-hybridized carbons (Fsp3) is 1.00. The van der Waals surface area contributed by atoms with Crippen molar-refractivity contribution in [2.45, 2.75) is 61.3 Å². The normalized spacial score (nSPS) is 38.6. The Morgan fingerprint density at radius 2 is 1.40 bits per heavy atom. The van der Waals surface area contributed by atoms with E-state index in [0.29, 0.717) is 5.41 Å². The highest BCUT2D eigenvalue weighted by molar-refractivity contribution is 4.90. The average Bonchev–Trinajstić information content (AvgIpc) is 2.09. The lowest BCUT2D eigenvalue weighted by molar-refractivity contribution is -0.00378. The van der Waals surface area contributed by atoms with Gasteiger partial charge >= 0.3 is 0 Å². The van der Waals surface area contributed by atoms with Crippen LogP contribution in [0.15, 0.2) is 0 Å². The Bertz CT molecular complexity index is 189. The van der Waals surface area contributed by atoms with Crippen LogP contribution in [0.4, 0.5) is 0 Å². The first-order valence-corrected chi connectivity index (χ1v) is 6.72. The van der Waals surface area contributed by atoms with E-state index < -0.39 is 0 Å². The van der Waals surface area contributed by atoms with Crippen molar-refractivity contribution < 1.29 is 0 Å². The molecule has 0 aromatic carbocycles. The zero-order chi connectivity index (χ0) is 11.8. The van der Waals surface area contributed by atoms with Crippen LogP contribution >= 0.6 is 0 Å². The molecule has 0 spiro atoms. The van der Waals surface area contributed by atoms with Crippen molar-refractivity contribution in [2.24, 2.45) is 35.0 Å². The van der Waals surface area contributed by atoms with Gasteiger partial charge in [-0.25, -0.2) is 0 Å². The standard InChI is InChI=1S/C15H30/c1-10(9-15(5,6)7)8-14-12(3)11(2)13(14)4/h10-14H,8-9H2,1-7H3. The van der Waals surface area contributed by atoms with Crippen LogP contribution in [0.1, 0.15) is 61.3 Å². The maximum Gasteiger partial charge on any atom is -0.0355 e. The van der Waals surface area contributed by atoms with Gasteiger partial charge < -0.3 is 0 Å². The summed E-state index contributed by atoms with van der Waals surface area (Å²) in [6.07, 6.45) is 2.82. The van der Waals surface area contributed by atoms with E-state index in [4.69, 9.17) is 0 Å². The molecule has 1 fully saturated rings. The molecule has 0 aromatic rings. The van der Waals surface area contributed by atoms with Gasteiger partial charge in [0.05, 0.1) is 0 Å². The van der Waals surface area contributed by atoms with E-state index in [1.54, 1.807) is 0 Å². The third-order valence-corrected chi connectivity index (χ3v) is 4.64. The first-order valence-electron chi connectivity index (χ1n) is 6.72. The molecule has 0 heterocycles. The van der Waals surface area contributed by atoms with Gasteiger partial charge in [0.15, 0.2) is 0 Å². The van der Waals surface area contributed by atoms with Gasteiger partial charge in [-0.1, -0.05) is 48.5 Å². The zero-order valence-electron chi connectivity index (χ0n) is 11.8. The second kappa shape index (κ2) is 4.47. The molecule has 15 heavy (non-hydrogen) atoms. The van der Waals surface area contributed by atoms with Gasteiger partial charge in [0, 0.05) is 0 Å². The highest BCUT2D eigenvalue weighted by Gasteiger charge is 2.42. The SMILES string of the molecule is CC(CC1C(C)C(C)C1C)CC(C)(C)C. The van der Waals surface area contributed by atoms with E-state index in [2.05, 4.69) is 48.5 Å². The number of rotatable bonds is 3. The van der Waals surface area contributed by atoms with Crippen molar-refractivity contribution >= 4 is 0 Å². The van der Waals surface area contributed by atoms with Crippen molar-refractivity contribution in [3.63, 3.8) is 0 Å². The maximum atomic E-state index is 2.44. The van der Waals surface area contributed by atoms with Gasteiger partial charge in [-0.2, -0.15) is 0 Å². The van der Waals surface area contributed by atoms with Gasteiger partial charge in [0.25, 0.3) is 0 Å². The number of hydrogen-bond acceptors (Lipinski definition) is 0. The van der Waals surface area contributed by atoms with Crippen LogP contribution in [0, 0.1) is 35.0 Å². The molecule has 1 aliphatic rings. The highest BCUT2D eigenvalue weighted by atomic mass is 14.5. The Hall–Kier alpha value is 0. The summed E-state index contributed by atoms with van der Waals surface area (Å²) in [5, 5.41) is 0. The van der Waals surface area contributed by atoms with Crippen LogP contribution in [-0.4, -0.2) is 0 Å². The van der Waals surface area contributed by atoms with Gasteiger partial charge in [0.1, 0.15) is 0 Å². The predicted octanol–water partition coefficient (Wildman–Crippen LogP) is 4.99. The first kappa shape index (κ1) is 13.1. The number of hydrogen-bond donors (Lipinski definition) is 0. The average molecular weight is 210 g/mol. The Morgan fingerprint density at radius 3 is 1.80 bits per heavy atom. The molecule has 1 saturated carbocycles. The smallest absolute Gasteiger partial charge is 0.0355 e. The van der Waals surface area contributed by atoms with E-state index in [1.165, 1.54) is 12.8 Å². The van der Waals surface area contributed by atoms with Crippen LogP contribution < -0.4 is 0 Å². The molecule has 0 nitrogen and oxygen atoms in total. The highest BCUT2D eigenvalue weighted by Crippen LogP contribution is 2.49. The van der Waals surface area contributed by atoms with E-state index in [0.717, 1.165) is 29.6 Å². The Morgan fingerprint density at radius 1 is 0.933 bits per heavy atom. The van der Waals surface area contributed by atoms with E-state index in [1.807, 2.05) is 0 Å². The second-order valence-corrected chi connectivity index (χ2v) is 7.35. The summed E-state index contributed by atoms with van der Waals surface area (Å²) in [4.78, 5) is 0. The molecule has 0 heteroatoms. The summed E-state index contributed by atoms with van der Waals surface area (Å²) in [5.41, 5.74) is 0.501. The van der Waals surface area contributed by atoms with Crippen LogP contribution in [-0.2, 0) is 0 Å². The van der Waals surface area contributed by atoms with Crippen molar-refractivity contribution in [1.29, 1.82) is 0 Å². The molecule has 0 saturated heterocycles. The third-order valence-electron chi connectivity index (χ3n) is 4.64. The molecule has 0 aromatic heterocycles. The van der Waals surface area contributed by atoms with E-state index in [-0.39, 0.29) is 0 Å². The Labute approximate surface area is 96.8 Å². The molecule has 0 amide bonds. The van der Waals surface area contributed by atoms with Crippen molar-refractivity contribution in [2.75, 3.05) is 0 Å². The minimum Gasteiger partial charge on any atom is -0.0625 e. The summed E-state index contributed by atoms with van der Waals surface area (Å²) < 4.78 is 0. The maximum absolute atomic E-state index is 2.44. The second-order valence-electron chi connectivity index (χ2n) is 7.35. The molecule has 3 atom stereocenters. The van der Waals surface area contributed by atoms with Gasteiger partial charge in [-0.15, -0.1) is 0 Å². The zero-order valence-corrected chi connectivity index (χ0v) is 11.8. The van der Waals surface area contributed by atoms with Gasteiger partial charge in [-0.3, -0.25) is 0 Å². The molecular weight excluding hydrogens is 180 g/mol. The lowest BCUT2D eigenvalue weighted by atomic mass is 9.56. The first-order chi connectivity index (χ1) is 6.72. The largest absolute Gasteiger partial charge is 0.0625 e. The van der Waals surface area contributed by atoms with Crippen LogP contribution in [0.5, 0.6) is 0 Å². The summed E-state index contributed by atoms with van der Waals surface area (Å²) in [6.45, 7) is 16.8. The van der Waals surface area contributed by atoms with Crippen LogP contribution in [0.25, 0.3) is 0 Å². The van der Waals surface area contributed by atoms with Crippen molar-refractivity contribution in [3.8, 4) is 0 Å².